The normalized spacial score (nSPS) is 20.2. The number of ketones is 1. The first-order valence-electron chi connectivity index (χ1n) is 8.30. The van der Waals surface area contributed by atoms with Crippen LogP contribution in [0, 0.1) is 5.92 Å². The van der Waals surface area contributed by atoms with E-state index in [1.807, 2.05) is 11.8 Å². The van der Waals surface area contributed by atoms with E-state index in [9.17, 15) is 9.59 Å². The highest BCUT2D eigenvalue weighted by atomic mass is 35.5. The lowest BCUT2D eigenvalue weighted by Crippen LogP contribution is -2.50. The quantitative estimate of drug-likeness (QED) is 0.797. The minimum atomic E-state index is -0.0268. The minimum absolute atomic E-state index is 0. The first kappa shape index (κ1) is 20.5. The molecule has 2 rings (SSSR count). The zero-order valence-electron chi connectivity index (χ0n) is 14.4. The number of rotatable bonds is 6. The second-order valence-electron chi connectivity index (χ2n) is 6.20. The topological polar surface area (TPSA) is 72.6 Å². The summed E-state index contributed by atoms with van der Waals surface area (Å²) in [4.78, 5) is 25.8. The van der Waals surface area contributed by atoms with Crippen molar-refractivity contribution in [2.45, 2.75) is 39.2 Å². The molecule has 1 aliphatic heterocycles. The van der Waals surface area contributed by atoms with Crippen LogP contribution in [0.3, 0.4) is 0 Å². The van der Waals surface area contributed by atoms with E-state index < -0.39 is 0 Å². The van der Waals surface area contributed by atoms with Gasteiger partial charge in [0.05, 0.1) is 0 Å². The smallest absolute Gasteiger partial charge is 0.260 e. The van der Waals surface area contributed by atoms with Gasteiger partial charge in [-0.15, -0.1) is 12.4 Å². The Balaban J connectivity index is 0.00000288. The van der Waals surface area contributed by atoms with E-state index in [1.165, 1.54) is 0 Å². The van der Waals surface area contributed by atoms with Crippen molar-refractivity contribution in [2.75, 3.05) is 19.7 Å². The average Bonchev–Trinajstić information content (AvgIpc) is 2.59. The van der Waals surface area contributed by atoms with Gasteiger partial charge in [0.2, 0.25) is 0 Å². The fraction of sp³-hybridized carbons (Fsp3) is 0.556. The summed E-state index contributed by atoms with van der Waals surface area (Å²) in [6.45, 7) is 5.27. The molecule has 0 bridgehead atoms. The van der Waals surface area contributed by atoms with Gasteiger partial charge in [-0.25, -0.2) is 0 Å². The Hall–Kier alpha value is -1.59. The molecule has 1 amide bonds. The highest BCUT2D eigenvalue weighted by molar-refractivity contribution is 5.95. The van der Waals surface area contributed by atoms with Gasteiger partial charge in [-0.3, -0.25) is 9.59 Å². The number of amides is 1. The molecule has 1 aromatic carbocycles. The van der Waals surface area contributed by atoms with E-state index in [4.69, 9.17) is 10.5 Å². The largest absolute Gasteiger partial charge is 0.484 e. The van der Waals surface area contributed by atoms with Gasteiger partial charge in [-0.2, -0.15) is 0 Å². The number of carbonyl (C=O) groups excluding carboxylic acids is 2. The monoisotopic (exact) mass is 354 g/mol. The van der Waals surface area contributed by atoms with E-state index in [-0.39, 0.29) is 36.7 Å². The second-order valence-corrected chi connectivity index (χ2v) is 6.20. The molecule has 6 heteroatoms. The zero-order valence-corrected chi connectivity index (χ0v) is 15.2. The van der Waals surface area contributed by atoms with E-state index >= 15 is 0 Å². The second kappa shape index (κ2) is 9.64. The van der Waals surface area contributed by atoms with Crippen molar-refractivity contribution in [2.24, 2.45) is 11.7 Å². The van der Waals surface area contributed by atoms with E-state index in [0.29, 0.717) is 30.2 Å². The lowest BCUT2D eigenvalue weighted by molar-refractivity contribution is -0.137. The summed E-state index contributed by atoms with van der Waals surface area (Å²) < 4.78 is 5.57. The van der Waals surface area contributed by atoms with Gasteiger partial charge >= 0.3 is 0 Å². The van der Waals surface area contributed by atoms with Crippen LogP contribution in [0.1, 0.15) is 43.5 Å². The minimum Gasteiger partial charge on any atom is -0.484 e. The van der Waals surface area contributed by atoms with Gasteiger partial charge in [0.15, 0.2) is 12.4 Å². The predicted molar refractivity (Wildman–Crippen MR) is 96.8 cm³/mol. The van der Waals surface area contributed by atoms with Crippen molar-refractivity contribution in [1.82, 2.24) is 4.90 Å². The zero-order chi connectivity index (χ0) is 16.8. The Kier molecular flexibility index (Phi) is 8.22. The number of benzene rings is 1. The predicted octanol–water partition coefficient (Wildman–Crippen LogP) is 2.67. The Bertz CT molecular complexity index is 548. The van der Waals surface area contributed by atoms with Gasteiger partial charge < -0.3 is 15.4 Å². The van der Waals surface area contributed by atoms with Crippen LogP contribution >= 0.6 is 12.4 Å². The first-order chi connectivity index (χ1) is 11.0. The number of halogens is 1. The molecule has 1 aromatic rings. The Morgan fingerprint density at radius 3 is 2.54 bits per heavy atom. The fourth-order valence-electron chi connectivity index (χ4n) is 2.97. The van der Waals surface area contributed by atoms with Gasteiger partial charge in [-0.05, 0) is 43.0 Å². The summed E-state index contributed by atoms with van der Waals surface area (Å²) in [7, 11) is 0. The number of nitrogens with two attached hydrogens (primary N) is 1. The molecule has 2 unspecified atom stereocenters. The van der Waals surface area contributed by atoms with Crippen LogP contribution in [0.25, 0.3) is 0 Å². The summed E-state index contributed by atoms with van der Waals surface area (Å²) in [6.07, 6.45) is 2.44. The van der Waals surface area contributed by atoms with Crippen molar-refractivity contribution >= 4 is 24.1 Å². The van der Waals surface area contributed by atoms with Crippen LogP contribution in [0.5, 0.6) is 5.75 Å². The first-order valence-corrected chi connectivity index (χ1v) is 8.30. The molecule has 2 atom stereocenters. The third-order valence-electron chi connectivity index (χ3n) is 4.43. The summed E-state index contributed by atoms with van der Waals surface area (Å²) in [5.74, 6) is 1.28. The van der Waals surface area contributed by atoms with Crippen LogP contribution in [-0.2, 0) is 4.79 Å². The maximum Gasteiger partial charge on any atom is 0.260 e. The van der Waals surface area contributed by atoms with E-state index in [2.05, 4.69) is 6.92 Å². The Morgan fingerprint density at radius 2 is 1.96 bits per heavy atom. The Morgan fingerprint density at radius 1 is 1.29 bits per heavy atom. The van der Waals surface area contributed by atoms with Gasteiger partial charge in [0.25, 0.3) is 5.91 Å². The third-order valence-corrected chi connectivity index (χ3v) is 4.43. The molecule has 134 valence electrons. The molecule has 24 heavy (non-hydrogen) atoms. The molecule has 2 N–H and O–H groups in total. The highest BCUT2D eigenvalue weighted by Gasteiger charge is 2.28. The molecule has 0 aromatic heterocycles. The number of nitrogens with zero attached hydrogens (tertiary/aromatic N) is 1. The van der Waals surface area contributed by atoms with Crippen molar-refractivity contribution in [3.8, 4) is 5.75 Å². The van der Waals surface area contributed by atoms with Gasteiger partial charge in [0.1, 0.15) is 5.75 Å². The number of hydrogen-bond donors (Lipinski definition) is 1. The average molecular weight is 355 g/mol. The van der Waals surface area contributed by atoms with Crippen LogP contribution < -0.4 is 10.5 Å². The standard InChI is InChI=1S/C18H26N2O3.ClH/c1-3-17(21)14-4-6-16(7-5-14)23-12-18(22)20-9-8-13(2)10-15(20)11-19;/h4-7,13,15H,3,8-12,19H2,1-2H3;1H. The van der Waals surface area contributed by atoms with Crippen molar-refractivity contribution in [1.29, 1.82) is 0 Å². The molecule has 1 heterocycles. The van der Waals surface area contributed by atoms with Gasteiger partial charge in [0, 0.05) is 31.1 Å². The van der Waals surface area contributed by atoms with Crippen molar-refractivity contribution in [3.05, 3.63) is 29.8 Å². The Labute approximate surface area is 149 Å². The summed E-state index contributed by atoms with van der Waals surface area (Å²) >= 11 is 0. The number of ether oxygens (including phenoxy) is 1. The van der Waals surface area contributed by atoms with E-state index in [0.717, 1.165) is 19.4 Å². The molecule has 1 saturated heterocycles. The van der Waals surface area contributed by atoms with Crippen LogP contribution in [-0.4, -0.2) is 42.3 Å². The maximum atomic E-state index is 12.4. The van der Waals surface area contributed by atoms with Crippen molar-refractivity contribution in [3.63, 3.8) is 0 Å². The molecule has 5 nitrogen and oxygen atoms in total. The van der Waals surface area contributed by atoms with Crippen LogP contribution in [0.2, 0.25) is 0 Å². The molecule has 0 radical (unpaired) electrons. The molecule has 0 saturated carbocycles. The summed E-state index contributed by atoms with van der Waals surface area (Å²) in [5.41, 5.74) is 6.46. The van der Waals surface area contributed by atoms with Crippen molar-refractivity contribution < 1.29 is 14.3 Å². The summed E-state index contributed by atoms with van der Waals surface area (Å²) in [6, 6.07) is 7.04. The van der Waals surface area contributed by atoms with Gasteiger partial charge in [-0.1, -0.05) is 13.8 Å². The fourth-order valence-corrected chi connectivity index (χ4v) is 2.97. The molecular formula is C18H27ClN2O3. The van der Waals surface area contributed by atoms with E-state index in [1.54, 1.807) is 24.3 Å². The number of carbonyl (C=O) groups is 2. The number of Topliss-reactive ketones (excluding diaryl/α,β-unsaturated/α-hetero) is 1. The lowest BCUT2D eigenvalue weighted by atomic mass is 9.92. The SMILES string of the molecule is CCC(=O)c1ccc(OCC(=O)N2CCC(C)CC2CN)cc1.Cl. The number of likely N-dealkylation sites (tertiary alicyclic amines) is 1. The molecular weight excluding hydrogens is 328 g/mol. The maximum absolute atomic E-state index is 12.4. The number of hydrogen-bond acceptors (Lipinski definition) is 4. The molecule has 1 aliphatic rings. The van der Waals surface area contributed by atoms with Crippen LogP contribution in [0.15, 0.2) is 24.3 Å². The molecule has 0 aliphatic carbocycles. The number of piperidine rings is 1. The van der Waals surface area contributed by atoms with Crippen LogP contribution in [0.4, 0.5) is 0 Å². The molecule has 0 spiro atoms. The summed E-state index contributed by atoms with van der Waals surface area (Å²) in [5, 5.41) is 0. The highest BCUT2D eigenvalue weighted by Crippen LogP contribution is 2.22. The third kappa shape index (κ3) is 5.21. The molecule has 1 fully saturated rings. The lowest BCUT2D eigenvalue weighted by Gasteiger charge is -2.37.